The fourth-order valence-corrected chi connectivity index (χ4v) is 2.23. The van der Waals surface area contributed by atoms with Crippen molar-refractivity contribution in [1.29, 1.82) is 0 Å². The van der Waals surface area contributed by atoms with E-state index in [0.29, 0.717) is 17.1 Å². The normalized spacial score (nSPS) is 12.9. The molecule has 0 aromatic heterocycles. The van der Waals surface area contributed by atoms with Gasteiger partial charge in [0, 0.05) is 11.6 Å². The number of benzene rings is 2. The van der Waals surface area contributed by atoms with Crippen LogP contribution in [-0.4, -0.2) is 18.4 Å². The molecule has 7 heteroatoms. The van der Waals surface area contributed by atoms with Crippen LogP contribution < -0.4 is 15.4 Å². The quantitative estimate of drug-likeness (QED) is 0.893. The van der Waals surface area contributed by atoms with Gasteiger partial charge >= 0.3 is 0 Å². The van der Waals surface area contributed by atoms with Gasteiger partial charge in [0.15, 0.2) is 6.61 Å². The SMILES string of the molecule is O=C1COc2cc(NC(=O)c3cccc(F)c3)c(Cl)cc2N1. The van der Waals surface area contributed by atoms with Gasteiger partial charge in [-0.3, -0.25) is 9.59 Å². The van der Waals surface area contributed by atoms with E-state index in [1.54, 1.807) is 0 Å². The predicted molar refractivity (Wildman–Crippen MR) is 79.9 cm³/mol. The first-order chi connectivity index (χ1) is 10.5. The van der Waals surface area contributed by atoms with E-state index in [-0.39, 0.29) is 23.1 Å². The number of anilines is 2. The summed E-state index contributed by atoms with van der Waals surface area (Å²) >= 11 is 6.08. The predicted octanol–water partition coefficient (Wildman–Crippen LogP) is 3.06. The fraction of sp³-hybridized carbons (Fsp3) is 0.0667. The molecule has 0 saturated heterocycles. The Morgan fingerprint density at radius 2 is 2.14 bits per heavy atom. The number of hydrogen-bond donors (Lipinski definition) is 2. The van der Waals surface area contributed by atoms with Crippen molar-refractivity contribution < 1.29 is 18.7 Å². The van der Waals surface area contributed by atoms with E-state index in [1.165, 1.54) is 30.3 Å². The number of rotatable bonds is 2. The third-order valence-electron chi connectivity index (χ3n) is 3.04. The molecule has 1 aliphatic rings. The molecule has 0 fully saturated rings. The smallest absolute Gasteiger partial charge is 0.262 e. The van der Waals surface area contributed by atoms with Crippen molar-refractivity contribution in [3.05, 3.63) is 52.8 Å². The maximum absolute atomic E-state index is 13.1. The van der Waals surface area contributed by atoms with Crippen molar-refractivity contribution in [2.45, 2.75) is 0 Å². The zero-order valence-electron chi connectivity index (χ0n) is 11.2. The maximum Gasteiger partial charge on any atom is 0.262 e. The molecule has 0 aliphatic carbocycles. The van der Waals surface area contributed by atoms with Gasteiger partial charge < -0.3 is 15.4 Å². The van der Waals surface area contributed by atoms with Crippen LogP contribution in [0.15, 0.2) is 36.4 Å². The lowest BCUT2D eigenvalue weighted by atomic mass is 10.2. The summed E-state index contributed by atoms with van der Waals surface area (Å²) in [5.74, 6) is -0.880. The lowest BCUT2D eigenvalue weighted by Gasteiger charge is -2.19. The molecule has 1 aliphatic heterocycles. The molecule has 5 nitrogen and oxygen atoms in total. The largest absolute Gasteiger partial charge is 0.482 e. The van der Waals surface area contributed by atoms with Crippen LogP contribution in [-0.2, 0) is 4.79 Å². The Hall–Kier alpha value is -2.60. The molecule has 112 valence electrons. The minimum Gasteiger partial charge on any atom is -0.482 e. The van der Waals surface area contributed by atoms with Gasteiger partial charge in [-0.15, -0.1) is 0 Å². The van der Waals surface area contributed by atoms with Gasteiger partial charge in [-0.2, -0.15) is 0 Å². The van der Waals surface area contributed by atoms with E-state index in [9.17, 15) is 14.0 Å². The highest BCUT2D eigenvalue weighted by Gasteiger charge is 2.19. The number of fused-ring (bicyclic) bond motifs is 1. The van der Waals surface area contributed by atoms with E-state index < -0.39 is 11.7 Å². The highest BCUT2D eigenvalue weighted by Crippen LogP contribution is 2.36. The molecule has 2 aromatic carbocycles. The fourth-order valence-electron chi connectivity index (χ4n) is 2.02. The van der Waals surface area contributed by atoms with Crippen LogP contribution in [0.1, 0.15) is 10.4 Å². The molecule has 0 atom stereocenters. The van der Waals surface area contributed by atoms with Crippen LogP contribution >= 0.6 is 11.6 Å². The number of carbonyl (C=O) groups excluding carboxylic acids is 2. The minimum absolute atomic E-state index is 0.105. The second-order valence-corrected chi connectivity index (χ2v) is 5.04. The molecule has 0 radical (unpaired) electrons. The van der Waals surface area contributed by atoms with Gasteiger partial charge in [-0.05, 0) is 24.3 Å². The molecule has 2 aromatic rings. The summed E-state index contributed by atoms with van der Waals surface area (Å²) < 4.78 is 18.4. The summed E-state index contributed by atoms with van der Waals surface area (Å²) in [7, 11) is 0. The first-order valence-corrected chi connectivity index (χ1v) is 6.74. The lowest BCUT2D eigenvalue weighted by molar-refractivity contribution is -0.118. The molecule has 0 bridgehead atoms. The van der Waals surface area contributed by atoms with Gasteiger partial charge in [0.25, 0.3) is 11.8 Å². The second-order valence-electron chi connectivity index (χ2n) is 4.63. The zero-order valence-corrected chi connectivity index (χ0v) is 11.9. The third kappa shape index (κ3) is 2.87. The maximum atomic E-state index is 13.1. The van der Waals surface area contributed by atoms with Crippen molar-refractivity contribution in [2.24, 2.45) is 0 Å². The lowest BCUT2D eigenvalue weighted by Crippen LogP contribution is -2.25. The van der Waals surface area contributed by atoms with E-state index >= 15 is 0 Å². The van der Waals surface area contributed by atoms with Gasteiger partial charge in [0.05, 0.1) is 16.4 Å². The number of hydrogen-bond acceptors (Lipinski definition) is 3. The Balaban J connectivity index is 1.86. The average molecular weight is 321 g/mol. The molecule has 2 N–H and O–H groups in total. The van der Waals surface area contributed by atoms with Gasteiger partial charge in [-0.1, -0.05) is 17.7 Å². The van der Waals surface area contributed by atoms with Crippen LogP contribution in [0.4, 0.5) is 15.8 Å². The average Bonchev–Trinajstić information content (AvgIpc) is 2.48. The summed E-state index contributed by atoms with van der Waals surface area (Å²) in [6.07, 6.45) is 0. The highest BCUT2D eigenvalue weighted by atomic mass is 35.5. The van der Waals surface area contributed by atoms with Crippen LogP contribution in [0.25, 0.3) is 0 Å². The second kappa shape index (κ2) is 5.65. The summed E-state index contributed by atoms with van der Waals surface area (Å²) in [5.41, 5.74) is 0.916. The van der Waals surface area contributed by atoms with Crippen molar-refractivity contribution in [2.75, 3.05) is 17.2 Å². The first kappa shape index (κ1) is 14.3. The number of halogens is 2. The summed E-state index contributed by atoms with van der Waals surface area (Å²) in [6, 6.07) is 8.29. The minimum atomic E-state index is -0.504. The van der Waals surface area contributed by atoms with E-state index in [1.807, 2.05) is 0 Å². The van der Waals surface area contributed by atoms with Crippen LogP contribution in [0.3, 0.4) is 0 Å². The molecule has 0 unspecified atom stereocenters. The van der Waals surface area contributed by atoms with Gasteiger partial charge in [-0.25, -0.2) is 4.39 Å². The summed E-state index contributed by atoms with van der Waals surface area (Å²) in [5, 5.41) is 5.43. The first-order valence-electron chi connectivity index (χ1n) is 6.36. The van der Waals surface area contributed by atoms with Crippen molar-refractivity contribution in [3.8, 4) is 5.75 Å². The molecule has 0 saturated carbocycles. The van der Waals surface area contributed by atoms with E-state index in [4.69, 9.17) is 16.3 Å². The molecular weight excluding hydrogens is 311 g/mol. The topological polar surface area (TPSA) is 67.4 Å². The molecule has 0 spiro atoms. The Morgan fingerprint density at radius 1 is 1.32 bits per heavy atom. The van der Waals surface area contributed by atoms with Crippen molar-refractivity contribution in [1.82, 2.24) is 0 Å². The standard InChI is InChI=1S/C15H10ClFN2O3/c16-10-5-12-13(22-7-14(20)18-12)6-11(10)19-15(21)8-2-1-3-9(17)4-8/h1-6H,7H2,(H,18,20)(H,19,21). The van der Waals surface area contributed by atoms with Gasteiger partial charge in [0.2, 0.25) is 0 Å². The molecular formula is C15H10ClFN2O3. The van der Waals surface area contributed by atoms with Crippen molar-refractivity contribution in [3.63, 3.8) is 0 Å². The van der Waals surface area contributed by atoms with Gasteiger partial charge in [0.1, 0.15) is 11.6 Å². The Kier molecular flexibility index (Phi) is 3.68. The Morgan fingerprint density at radius 3 is 2.91 bits per heavy atom. The summed E-state index contributed by atoms with van der Waals surface area (Å²) in [6.45, 7) is -0.105. The van der Waals surface area contributed by atoms with E-state index in [0.717, 1.165) is 6.07 Å². The number of carbonyl (C=O) groups is 2. The van der Waals surface area contributed by atoms with Crippen LogP contribution in [0.5, 0.6) is 5.75 Å². The number of ether oxygens (including phenoxy) is 1. The monoisotopic (exact) mass is 320 g/mol. The summed E-state index contributed by atoms with van der Waals surface area (Å²) in [4.78, 5) is 23.3. The molecule has 1 heterocycles. The van der Waals surface area contributed by atoms with E-state index in [2.05, 4.69) is 10.6 Å². The Labute approximate surface area is 130 Å². The number of nitrogens with one attached hydrogen (secondary N) is 2. The molecule has 2 amide bonds. The third-order valence-corrected chi connectivity index (χ3v) is 3.35. The Bertz CT molecular complexity index is 779. The van der Waals surface area contributed by atoms with Crippen LogP contribution in [0, 0.1) is 5.82 Å². The highest BCUT2D eigenvalue weighted by molar-refractivity contribution is 6.34. The number of amides is 2. The van der Waals surface area contributed by atoms with Crippen molar-refractivity contribution >= 4 is 34.8 Å². The molecule has 3 rings (SSSR count). The van der Waals surface area contributed by atoms with Crippen LogP contribution in [0.2, 0.25) is 5.02 Å². The molecule has 22 heavy (non-hydrogen) atoms. The zero-order chi connectivity index (χ0) is 15.7.